The minimum Gasteiger partial charge on any atom is -0.481 e. The van der Waals surface area contributed by atoms with Gasteiger partial charge in [-0.1, -0.05) is 23.2 Å². The SMILES string of the molecule is CC(O)(CNC(=O)c1cc(Cl)nc(Cl)c1)CC(=O)O. The Morgan fingerprint density at radius 2 is 1.89 bits per heavy atom. The molecule has 0 saturated carbocycles. The average Bonchev–Trinajstić information content (AvgIpc) is 2.22. The van der Waals surface area contributed by atoms with E-state index in [0.717, 1.165) is 0 Å². The molecule has 104 valence electrons. The van der Waals surface area contributed by atoms with Crippen molar-refractivity contribution in [3.05, 3.63) is 28.0 Å². The lowest BCUT2D eigenvalue weighted by Gasteiger charge is -2.21. The quantitative estimate of drug-likeness (QED) is 0.713. The van der Waals surface area contributed by atoms with Crippen LogP contribution in [0.4, 0.5) is 0 Å². The maximum atomic E-state index is 11.8. The first-order valence-corrected chi connectivity index (χ1v) is 6.01. The lowest BCUT2D eigenvalue weighted by molar-refractivity contribution is -0.141. The highest BCUT2D eigenvalue weighted by molar-refractivity contribution is 6.33. The van der Waals surface area contributed by atoms with Gasteiger partial charge in [-0.15, -0.1) is 0 Å². The third kappa shape index (κ3) is 5.42. The second-order valence-corrected chi connectivity index (χ2v) is 5.03. The minimum atomic E-state index is -1.54. The second-order valence-electron chi connectivity index (χ2n) is 4.25. The first kappa shape index (κ1) is 15.7. The van der Waals surface area contributed by atoms with E-state index in [9.17, 15) is 14.7 Å². The zero-order valence-electron chi connectivity index (χ0n) is 9.98. The molecule has 0 aliphatic rings. The lowest BCUT2D eigenvalue weighted by atomic mass is 10.0. The van der Waals surface area contributed by atoms with Crippen molar-refractivity contribution < 1.29 is 19.8 Å². The van der Waals surface area contributed by atoms with Crippen molar-refractivity contribution in [1.29, 1.82) is 0 Å². The summed E-state index contributed by atoms with van der Waals surface area (Å²) in [7, 11) is 0. The molecule has 1 amide bonds. The van der Waals surface area contributed by atoms with Gasteiger partial charge >= 0.3 is 5.97 Å². The van der Waals surface area contributed by atoms with Crippen LogP contribution in [0.25, 0.3) is 0 Å². The van der Waals surface area contributed by atoms with Gasteiger partial charge in [0.1, 0.15) is 10.3 Å². The van der Waals surface area contributed by atoms with Crippen LogP contribution in [0.3, 0.4) is 0 Å². The number of aliphatic hydroxyl groups is 1. The molecule has 6 nitrogen and oxygen atoms in total. The summed E-state index contributed by atoms with van der Waals surface area (Å²) in [5.74, 6) is -1.69. The highest BCUT2D eigenvalue weighted by Crippen LogP contribution is 2.15. The topological polar surface area (TPSA) is 99.5 Å². The largest absolute Gasteiger partial charge is 0.481 e. The number of nitrogens with zero attached hydrogens (tertiary/aromatic N) is 1. The normalized spacial score (nSPS) is 13.7. The van der Waals surface area contributed by atoms with E-state index in [4.69, 9.17) is 28.3 Å². The number of carbonyl (C=O) groups is 2. The number of pyridine rings is 1. The fraction of sp³-hybridized carbons (Fsp3) is 0.364. The van der Waals surface area contributed by atoms with Crippen LogP contribution in [0.5, 0.6) is 0 Å². The molecule has 0 fully saturated rings. The molecule has 1 rings (SSSR count). The van der Waals surface area contributed by atoms with Crippen LogP contribution < -0.4 is 5.32 Å². The summed E-state index contributed by atoms with van der Waals surface area (Å²) in [6, 6.07) is 2.63. The van der Waals surface area contributed by atoms with Crippen LogP contribution in [0.2, 0.25) is 10.3 Å². The Kier molecular flexibility index (Phi) is 5.11. The number of amides is 1. The fourth-order valence-corrected chi connectivity index (χ4v) is 1.82. The molecular weight excluding hydrogens is 295 g/mol. The van der Waals surface area contributed by atoms with E-state index in [2.05, 4.69) is 10.3 Å². The molecule has 0 radical (unpaired) electrons. The number of hydrogen-bond acceptors (Lipinski definition) is 4. The average molecular weight is 307 g/mol. The lowest BCUT2D eigenvalue weighted by Crippen LogP contribution is -2.42. The van der Waals surface area contributed by atoms with Gasteiger partial charge in [0.25, 0.3) is 5.91 Å². The van der Waals surface area contributed by atoms with Crippen molar-refractivity contribution in [2.45, 2.75) is 18.9 Å². The Labute approximate surface area is 119 Å². The van der Waals surface area contributed by atoms with E-state index in [0.29, 0.717) is 0 Å². The Morgan fingerprint density at radius 1 is 1.37 bits per heavy atom. The Bertz CT molecular complexity index is 485. The molecule has 0 bridgehead atoms. The van der Waals surface area contributed by atoms with Crippen LogP contribution >= 0.6 is 23.2 Å². The van der Waals surface area contributed by atoms with Crippen molar-refractivity contribution in [3.63, 3.8) is 0 Å². The predicted molar refractivity (Wildman–Crippen MR) is 69.5 cm³/mol. The summed E-state index contributed by atoms with van der Waals surface area (Å²) >= 11 is 11.3. The molecule has 0 aromatic carbocycles. The maximum absolute atomic E-state index is 11.8. The van der Waals surface area contributed by atoms with Crippen LogP contribution in [0.1, 0.15) is 23.7 Å². The van der Waals surface area contributed by atoms with Gasteiger partial charge in [-0.2, -0.15) is 0 Å². The summed E-state index contributed by atoms with van der Waals surface area (Å²) in [5, 5.41) is 20.8. The Hall–Kier alpha value is -1.37. The zero-order chi connectivity index (χ0) is 14.6. The number of nitrogens with one attached hydrogen (secondary N) is 1. The van der Waals surface area contributed by atoms with E-state index in [1.54, 1.807) is 0 Å². The molecule has 8 heteroatoms. The van der Waals surface area contributed by atoms with Gasteiger partial charge in [0.2, 0.25) is 0 Å². The first-order valence-electron chi connectivity index (χ1n) is 5.25. The molecule has 1 aromatic heterocycles. The van der Waals surface area contributed by atoms with Crippen LogP contribution in [-0.2, 0) is 4.79 Å². The van der Waals surface area contributed by atoms with E-state index in [1.807, 2.05) is 0 Å². The third-order valence-corrected chi connectivity index (χ3v) is 2.57. The Morgan fingerprint density at radius 3 is 2.37 bits per heavy atom. The van der Waals surface area contributed by atoms with Gasteiger partial charge in [0, 0.05) is 12.1 Å². The predicted octanol–water partition coefficient (Wildman–Crippen LogP) is 1.34. The van der Waals surface area contributed by atoms with Gasteiger partial charge in [-0.3, -0.25) is 9.59 Å². The second kappa shape index (κ2) is 6.18. The van der Waals surface area contributed by atoms with E-state index >= 15 is 0 Å². The maximum Gasteiger partial charge on any atom is 0.306 e. The number of carbonyl (C=O) groups excluding carboxylic acids is 1. The van der Waals surface area contributed by atoms with Crippen LogP contribution in [0, 0.1) is 0 Å². The molecule has 1 aromatic rings. The Balaban J connectivity index is 2.67. The first-order chi connectivity index (χ1) is 8.69. The molecule has 1 unspecified atom stereocenters. The van der Waals surface area contributed by atoms with Crippen molar-refractivity contribution >= 4 is 35.1 Å². The molecule has 0 saturated heterocycles. The van der Waals surface area contributed by atoms with Gasteiger partial charge in [-0.05, 0) is 19.1 Å². The molecule has 3 N–H and O–H groups in total. The van der Waals surface area contributed by atoms with Gasteiger partial charge in [0.05, 0.1) is 12.0 Å². The molecule has 1 atom stereocenters. The number of carboxylic acid groups (broad SMARTS) is 1. The molecule has 19 heavy (non-hydrogen) atoms. The van der Waals surface area contributed by atoms with Crippen molar-refractivity contribution in [2.75, 3.05) is 6.54 Å². The number of aliphatic carboxylic acids is 1. The molecular formula is C11H12Cl2N2O4. The number of aromatic nitrogens is 1. The third-order valence-electron chi connectivity index (χ3n) is 2.19. The number of hydrogen-bond donors (Lipinski definition) is 3. The summed E-state index contributed by atoms with van der Waals surface area (Å²) in [5.41, 5.74) is -1.36. The molecule has 1 heterocycles. The highest BCUT2D eigenvalue weighted by Gasteiger charge is 2.25. The molecule has 0 aliphatic carbocycles. The van der Waals surface area contributed by atoms with Gasteiger partial charge in [-0.25, -0.2) is 4.98 Å². The monoisotopic (exact) mass is 306 g/mol. The molecule has 0 aliphatic heterocycles. The summed E-state index contributed by atoms with van der Waals surface area (Å²) in [6.07, 6.45) is -0.481. The smallest absolute Gasteiger partial charge is 0.306 e. The summed E-state index contributed by atoms with van der Waals surface area (Å²) < 4.78 is 0. The molecule has 0 spiro atoms. The van der Waals surface area contributed by atoms with Gasteiger partial charge < -0.3 is 15.5 Å². The van der Waals surface area contributed by atoms with E-state index < -0.39 is 23.9 Å². The standard InChI is InChI=1S/C11H12Cl2N2O4/c1-11(19,4-9(16)17)5-14-10(18)6-2-7(12)15-8(13)3-6/h2-3,19H,4-5H2,1H3,(H,14,18)(H,16,17). The van der Waals surface area contributed by atoms with Crippen LogP contribution in [0.15, 0.2) is 12.1 Å². The van der Waals surface area contributed by atoms with Crippen LogP contribution in [-0.4, -0.2) is 39.2 Å². The number of halogens is 2. The van der Waals surface area contributed by atoms with Crippen molar-refractivity contribution in [3.8, 4) is 0 Å². The van der Waals surface area contributed by atoms with E-state index in [1.165, 1.54) is 19.1 Å². The van der Waals surface area contributed by atoms with E-state index in [-0.39, 0.29) is 22.4 Å². The minimum absolute atomic E-state index is 0.0648. The van der Waals surface area contributed by atoms with Gasteiger partial charge in [0.15, 0.2) is 0 Å². The summed E-state index contributed by atoms with van der Waals surface area (Å²) in [4.78, 5) is 26.0. The zero-order valence-corrected chi connectivity index (χ0v) is 11.5. The summed E-state index contributed by atoms with van der Waals surface area (Å²) in [6.45, 7) is 1.10. The van der Waals surface area contributed by atoms with Crippen molar-refractivity contribution in [2.24, 2.45) is 0 Å². The highest BCUT2D eigenvalue weighted by atomic mass is 35.5. The van der Waals surface area contributed by atoms with Crippen molar-refractivity contribution in [1.82, 2.24) is 10.3 Å². The fourth-order valence-electron chi connectivity index (χ4n) is 1.36. The number of rotatable bonds is 5. The number of carboxylic acids is 1.